The molecule has 0 bridgehead atoms. The number of hydrogen-bond donors (Lipinski definition) is 2. The van der Waals surface area contributed by atoms with E-state index in [9.17, 15) is 4.39 Å². The summed E-state index contributed by atoms with van der Waals surface area (Å²) in [7, 11) is 0. The van der Waals surface area contributed by atoms with Gasteiger partial charge in [-0.05, 0) is 37.5 Å². The van der Waals surface area contributed by atoms with Crippen LogP contribution in [0, 0.1) is 5.82 Å². The van der Waals surface area contributed by atoms with E-state index in [4.69, 9.17) is 0 Å². The number of hydrogen-bond acceptors (Lipinski definition) is 3. The Bertz CT molecular complexity index is 692. The van der Waals surface area contributed by atoms with Crippen molar-refractivity contribution in [2.45, 2.75) is 45.8 Å². The maximum absolute atomic E-state index is 12.9. The monoisotopic (exact) mass is 330 g/mol. The minimum atomic E-state index is -0.232. The quantitative estimate of drug-likeness (QED) is 0.650. The first kappa shape index (κ1) is 16.4. The minimum Gasteiger partial charge on any atom is -0.357 e. The number of aliphatic imine (C=N–C) groups is 1. The lowest BCUT2D eigenvalue weighted by molar-refractivity contribution is 0.504. The summed E-state index contributed by atoms with van der Waals surface area (Å²) in [4.78, 5) is 4.54. The fourth-order valence-corrected chi connectivity index (χ4v) is 2.76. The summed E-state index contributed by atoms with van der Waals surface area (Å²) >= 11 is 0. The lowest BCUT2D eigenvalue weighted by Gasteiger charge is -2.16. The lowest BCUT2D eigenvalue weighted by atomic mass is 10.2. The fourth-order valence-electron chi connectivity index (χ4n) is 2.76. The molecule has 1 aromatic carbocycles. The van der Waals surface area contributed by atoms with Crippen molar-refractivity contribution in [1.82, 2.24) is 25.4 Å². The fraction of sp³-hybridized carbons (Fsp3) is 0.471. The third-order valence-electron chi connectivity index (χ3n) is 4.03. The Morgan fingerprint density at radius 3 is 2.83 bits per heavy atom. The molecule has 2 N–H and O–H groups in total. The molecule has 2 heterocycles. The van der Waals surface area contributed by atoms with Gasteiger partial charge in [0.2, 0.25) is 0 Å². The van der Waals surface area contributed by atoms with Crippen LogP contribution < -0.4 is 10.6 Å². The van der Waals surface area contributed by atoms with Gasteiger partial charge in [-0.2, -0.15) is 0 Å². The van der Waals surface area contributed by atoms with Crippen molar-refractivity contribution in [3.8, 4) is 0 Å². The first-order valence-electron chi connectivity index (χ1n) is 8.44. The number of guanidine groups is 1. The molecular formula is C17H23FN6. The molecule has 24 heavy (non-hydrogen) atoms. The van der Waals surface area contributed by atoms with Crippen molar-refractivity contribution in [3.63, 3.8) is 0 Å². The van der Waals surface area contributed by atoms with Gasteiger partial charge in [0.05, 0.1) is 13.1 Å². The number of aryl methyl sites for hydroxylation is 1. The highest BCUT2D eigenvalue weighted by Crippen LogP contribution is 2.13. The van der Waals surface area contributed by atoms with E-state index in [1.54, 1.807) is 12.1 Å². The van der Waals surface area contributed by atoms with E-state index >= 15 is 0 Å². The molecule has 128 valence electrons. The number of benzene rings is 1. The molecule has 1 aliphatic heterocycles. The molecule has 0 unspecified atom stereocenters. The van der Waals surface area contributed by atoms with Crippen molar-refractivity contribution in [2.75, 3.05) is 6.54 Å². The molecule has 1 aliphatic rings. The Labute approximate surface area is 141 Å². The molecule has 3 rings (SSSR count). The van der Waals surface area contributed by atoms with Gasteiger partial charge in [-0.15, -0.1) is 10.2 Å². The van der Waals surface area contributed by atoms with Crippen LogP contribution in [-0.2, 0) is 26.1 Å². The van der Waals surface area contributed by atoms with Gasteiger partial charge < -0.3 is 15.2 Å². The third kappa shape index (κ3) is 4.10. The van der Waals surface area contributed by atoms with Crippen molar-refractivity contribution in [3.05, 3.63) is 47.3 Å². The van der Waals surface area contributed by atoms with Crippen LogP contribution in [-0.4, -0.2) is 27.3 Å². The van der Waals surface area contributed by atoms with Crippen molar-refractivity contribution >= 4 is 5.96 Å². The molecule has 0 fully saturated rings. The van der Waals surface area contributed by atoms with Crippen LogP contribution in [0.4, 0.5) is 4.39 Å². The lowest BCUT2D eigenvalue weighted by Crippen LogP contribution is -2.37. The molecule has 1 aromatic heterocycles. The molecule has 0 amide bonds. The average molecular weight is 330 g/mol. The summed E-state index contributed by atoms with van der Waals surface area (Å²) in [6.07, 6.45) is 3.37. The topological polar surface area (TPSA) is 67.1 Å². The molecule has 7 heteroatoms. The number of fused-ring (bicyclic) bond motifs is 1. The summed E-state index contributed by atoms with van der Waals surface area (Å²) in [5.74, 6) is 2.50. The predicted molar refractivity (Wildman–Crippen MR) is 91.0 cm³/mol. The Kier molecular flexibility index (Phi) is 5.40. The van der Waals surface area contributed by atoms with E-state index in [0.29, 0.717) is 13.1 Å². The van der Waals surface area contributed by atoms with Gasteiger partial charge in [0.15, 0.2) is 11.8 Å². The number of aromatic nitrogens is 3. The van der Waals surface area contributed by atoms with Crippen LogP contribution in [0.2, 0.25) is 0 Å². The second-order valence-electron chi connectivity index (χ2n) is 5.82. The van der Waals surface area contributed by atoms with Crippen LogP contribution in [0.25, 0.3) is 0 Å². The van der Waals surface area contributed by atoms with Gasteiger partial charge in [-0.3, -0.25) is 0 Å². The molecule has 2 aromatic rings. The smallest absolute Gasteiger partial charge is 0.191 e. The first-order chi connectivity index (χ1) is 11.8. The second kappa shape index (κ2) is 7.90. The summed E-state index contributed by atoms with van der Waals surface area (Å²) < 4.78 is 15.1. The Balaban J connectivity index is 1.62. The van der Waals surface area contributed by atoms with E-state index in [1.807, 2.05) is 6.92 Å². The van der Waals surface area contributed by atoms with Crippen molar-refractivity contribution < 1.29 is 4.39 Å². The Morgan fingerprint density at radius 1 is 1.21 bits per heavy atom. The largest absolute Gasteiger partial charge is 0.357 e. The number of nitrogens with one attached hydrogen (secondary N) is 2. The van der Waals surface area contributed by atoms with Gasteiger partial charge in [-0.1, -0.05) is 12.1 Å². The van der Waals surface area contributed by atoms with Gasteiger partial charge >= 0.3 is 0 Å². The Hall–Kier alpha value is -2.44. The molecule has 0 radical (unpaired) electrons. The third-order valence-corrected chi connectivity index (χ3v) is 4.03. The van der Waals surface area contributed by atoms with Crippen LogP contribution in [0.15, 0.2) is 29.3 Å². The molecule has 0 spiro atoms. The maximum Gasteiger partial charge on any atom is 0.191 e. The van der Waals surface area contributed by atoms with E-state index in [1.165, 1.54) is 25.0 Å². The van der Waals surface area contributed by atoms with Crippen molar-refractivity contribution in [1.29, 1.82) is 0 Å². The van der Waals surface area contributed by atoms with Gasteiger partial charge in [-0.25, -0.2) is 9.38 Å². The summed E-state index contributed by atoms with van der Waals surface area (Å²) in [6, 6.07) is 6.40. The highest BCUT2D eigenvalue weighted by atomic mass is 19.1. The number of halogens is 1. The molecule has 0 saturated carbocycles. The van der Waals surface area contributed by atoms with Crippen molar-refractivity contribution in [2.24, 2.45) is 4.99 Å². The zero-order chi connectivity index (χ0) is 16.8. The van der Waals surface area contributed by atoms with Gasteiger partial charge in [0.1, 0.15) is 11.6 Å². The molecule has 0 atom stereocenters. The van der Waals surface area contributed by atoms with Crippen LogP contribution in [0.5, 0.6) is 0 Å². The highest BCUT2D eigenvalue weighted by Gasteiger charge is 2.15. The van der Waals surface area contributed by atoms with E-state index in [2.05, 4.69) is 30.4 Å². The minimum absolute atomic E-state index is 0.232. The normalized spacial score (nSPS) is 14.3. The Morgan fingerprint density at radius 2 is 2.04 bits per heavy atom. The predicted octanol–water partition coefficient (Wildman–Crippen LogP) is 2.01. The SMILES string of the molecule is CCNC(=NCc1ccc(F)cc1)NCc1nnc2n1CCCC2. The highest BCUT2D eigenvalue weighted by molar-refractivity contribution is 5.79. The molecule has 6 nitrogen and oxygen atoms in total. The first-order valence-corrected chi connectivity index (χ1v) is 8.44. The number of rotatable bonds is 5. The maximum atomic E-state index is 12.9. The summed E-state index contributed by atoms with van der Waals surface area (Å²) in [5, 5.41) is 15.1. The zero-order valence-corrected chi connectivity index (χ0v) is 13.9. The molecular weight excluding hydrogens is 307 g/mol. The van der Waals surface area contributed by atoms with Crippen LogP contribution in [0.1, 0.15) is 37.0 Å². The number of nitrogens with zero attached hydrogens (tertiary/aromatic N) is 4. The summed E-state index contributed by atoms with van der Waals surface area (Å²) in [6.45, 7) is 4.86. The molecule has 0 aliphatic carbocycles. The van der Waals surface area contributed by atoms with E-state index in [-0.39, 0.29) is 5.82 Å². The van der Waals surface area contributed by atoms with Gasteiger partial charge in [0, 0.05) is 19.5 Å². The molecule has 0 saturated heterocycles. The van der Waals surface area contributed by atoms with E-state index < -0.39 is 0 Å². The van der Waals surface area contributed by atoms with E-state index in [0.717, 1.165) is 42.7 Å². The van der Waals surface area contributed by atoms with Crippen LogP contribution in [0.3, 0.4) is 0 Å². The second-order valence-corrected chi connectivity index (χ2v) is 5.82. The standard InChI is InChI=1S/C17H23FN6/c1-2-19-17(20-11-13-6-8-14(18)9-7-13)21-12-16-23-22-15-5-3-4-10-24(15)16/h6-9H,2-5,10-12H2,1H3,(H2,19,20,21). The average Bonchev–Trinajstić information content (AvgIpc) is 3.02. The van der Waals surface area contributed by atoms with Gasteiger partial charge in [0.25, 0.3) is 0 Å². The zero-order valence-electron chi connectivity index (χ0n) is 13.9. The van der Waals surface area contributed by atoms with Crippen LogP contribution >= 0.6 is 0 Å². The summed E-state index contributed by atoms with van der Waals surface area (Å²) in [5.41, 5.74) is 0.966.